The molecule has 2 aromatic rings. The van der Waals surface area contributed by atoms with Gasteiger partial charge in [0.15, 0.2) is 0 Å². The number of carbonyl (C=O) groups is 2. The van der Waals surface area contributed by atoms with Crippen LogP contribution in [0.15, 0.2) is 48.5 Å². The monoisotopic (exact) mass is 386 g/mol. The normalized spacial score (nSPS) is 14.2. The van der Waals surface area contributed by atoms with Crippen LogP contribution in [-0.4, -0.2) is 30.3 Å². The second-order valence-corrected chi connectivity index (χ2v) is 6.88. The van der Waals surface area contributed by atoms with Crippen LogP contribution in [0.4, 0.5) is 10.1 Å². The van der Waals surface area contributed by atoms with Crippen LogP contribution >= 0.6 is 11.6 Å². The maximum atomic E-state index is 13.9. The molecule has 0 unspecified atom stereocenters. The third kappa shape index (κ3) is 4.55. The van der Waals surface area contributed by atoms with E-state index in [9.17, 15) is 14.0 Å². The number of benzene rings is 2. The molecule has 1 aliphatic rings. The molecule has 1 aliphatic heterocycles. The van der Waals surface area contributed by atoms with Gasteiger partial charge in [-0.3, -0.25) is 9.59 Å². The van der Waals surface area contributed by atoms with E-state index < -0.39 is 5.82 Å². The molecule has 2 aromatic carbocycles. The van der Waals surface area contributed by atoms with Gasteiger partial charge in [-0.15, -0.1) is 0 Å². The van der Waals surface area contributed by atoms with Gasteiger partial charge in [0, 0.05) is 48.9 Å². The Morgan fingerprint density at radius 2 is 2.00 bits per heavy atom. The molecule has 1 heterocycles. The van der Waals surface area contributed by atoms with Crippen LogP contribution in [0.1, 0.15) is 24.0 Å². The maximum Gasteiger partial charge on any atom is 0.246 e. The van der Waals surface area contributed by atoms with Crippen LogP contribution < -0.4 is 4.90 Å². The number of amides is 2. The first-order valence-electron chi connectivity index (χ1n) is 8.72. The molecule has 140 valence electrons. The average Bonchev–Trinajstić information content (AvgIpc) is 3.09. The zero-order valence-electron chi connectivity index (χ0n) is 15.0. The summed E-state index contributed by atoms with van der Waals surface area (Å²) in [6, 6.07) is 11.9. The van der Waals surface area contributed by atoms with Crippen molar-refractivity contribution in [1.82, 2.24) is 4.90 Å². The van der Waals surface area contributed by atoms with Crippen molar-refractivity contribution < 1.29 is 14.0 Å². The third-order valence-electron chi connectivity index (χ3n) is 4.53. The van der Waals surface area contributed by atoms with E-state index in [0.717, 1.165) is 24.2 Å². The molecule has 0 atom stereocenters. The zero-order valence-corrected chi connectivity index (χ0v) is 15.7. The zero-order chi connectivity index (χ0) is 19.4. The van der Waals surface area contributed by atoms with Crippen molar-refractivity contribution in [2.45, 2.75) is 19.4 Å². The molecule has 6 heteroatoms. The predicted octanol–water partition coefficient (Wildman–Crippen LogP) is 4.28. The summed E-state index contributed by atoms with van der Waals surface area (Å²) in [4.78, 5) is 27.2. The highest BCUT2D eigenvalue weighted by Gasteiger charge is 2.21. The summed E-state index contributed by atoms with van der Waals surface area (Å²) < 4.78 is 13.9. The van der Waals surface area contributed by atoms with Gasteiger partial charge in [-0.2, -0.15) is 0 Å². The highest BCUT2D eigenvalue weighted by molar-refractivity contribution is 6.31. The second kappa shape index (κ2) is 8.35. The van der Waals surface area contributed by atoms with E-state index in [0.29, 0.717) is 17.0 Å². The van der Waals surface area contributed by atoms with E-state index in [4.69, 9.17) is 11.6 Å². The van der Waals surface area contributed by atoms with Crippen LogP contribution in [0, 0.1) is 5.82 Å². The van der Waals surface area contributed by atoms with Gasteiger partial charge in [-0.05, 0) is 42.3 Å². The Hall–Kier alpha value is -2.66. The Morgan fingerprint density at radius 1 is 1.26 bits per heavy atom. The lowest BCUT2D eigenvalue weighted by molar-refractivity contribution is -0.125. The van der Waals surface area contributed by atoms with Gasteiger partial charge in [0.25, 0.3) is 0 Å². The molecule has 27 heavy (non-hydrogen) atoms. The van der Waals surface area contributed by atoms with Crippen molar-refractivity contribution in [3.05, 3.63) is 70.5 Å². The number of likely N-dealkylation sites (N-methyl/N-ethyl adjacent to an activating group) is 1. The van der Waals surface area contributed by atoms with Gasteiger partial charge in [-0.25, -0.2) is 4.39 Å². The van der Waals surface area contributed by atoms with Crippen LogP contribution in [0.2, 0.25) is 5.02 Å². The number of halogens is 2. The number of nitrogens with zero attached hydrogens (tertiary/aromatic N) is 2. The van der Waals surface area contributed by atoms with Crippen molar-refractivity contribution in [3.8, 4) is 0 Å². The standard InChI is InChI=1S/C21H20ClFN2O2/c1-24(14-17-18(22)4-2-5-19(17)23)20(26)12-9-15-7-10-16(11-8-15)25-13-3-6-21(25)27/h2,4-5,7-12H,3,6,13-14H2,1H3/b12-9+. The summed E-state index contributed by atoms with van der Waals surface area (Å²) in [5, 5.41) is 0.297. The number of carbonyl (C=O) groups excluding carboxylic acids is 2. The molecule has 0 bridgehead atoms. The molecule has 0 N–H and O–H groups in total. The summed E-state index contributed by atoms with van der Waals surface area (Å²) in [6.45, 7) is 0.834. The molecular formula is C21H20ClFN2O2. The lowest BCUT2D eigenvalue weighted by Gasteiger charge is -2.17. The van der Waals surface area contributed by atoms with Crippen molar-refractivity contribution in [2.24, 2.45) is 0 Å². The van der Waals surface area contributed by atoms with E-state index in [1.165, 1.54) is 23.1 Å². The third-order valence-corrected chi connectivity index (χ3v) is 4.88. The molecule has 3 rings (SSSR count). The molecule has 4 nitrogen and oxygen atoms in total. The van der Waals surface area contributed by atoms with E-state index in [1.807, 2.05) is 24.3 Å². The van der Waals surface area contributed by atoms with Crippen LogP contribution in [0.3, 0.4) is 0 Å². The van der Waals surface area contributed by atoms with Crippen LogP contribution in [-0.2, 0) is 16.1 Å². The highest BCUT2D eigenvalue weighted by atomic mass is 35.5. The minimum Gasteiger partial charge on any atom is -0.338 e. The van der Waals surface area contributed by atoms with Gasteiger partial charge in [0.1, 0.15) is 5.82 Å². The highest BCUT2D eigenvalue weighted by Crippen LogP contribution is 2.22. The SMILES string of the molecule is CN(Cc1c(F)cccc1Cl)C(=O)/C=C/c1ccc(N2CCCC2=O)cc1. The summed E-state index contributed by atoms with van der Waals surface area (Å²) in [6.07, 6.45) is 4.60. The van der Waals surface area contributed by atoms with Gasteiger partial charge < -0.3 is 9.80 Å². The summed E-state index contributed by atoms with van der Waals surface area (Å²) in [5.41, 5.74) is 2.01. The van der Waals surface area contributed by atoms with Gasteiger partial charge in [0.2, 0.25) is 11.8 Å². The molecular weight excluding hydrogens is 367 g/mol. The quantitative estimate of drug-likeness (QED) is 0.720. The average molecular weight is 387 g/mol. The predicted molar refractivity (Wildman–Crippen MR) is 105 cm³/mol. The molecule has 0 aliphatic carbocycles. The Bertz CT molecular complexity index is 860. The van der Waals surface area contributed by atoms with Crippen molar-refractivity contribution >= 4 is 35.2 Å². The van der Waals surface area contributed by atoms with E-state index in [-0.39, 0.29) is 18.4 Å². The molecule has 1 fully saturated rings. The van der Waals surface area contributed by atoms with E-state index >= 15 is 0 Å². The maximum absolute atomic E-state index is 13.9. The number of anilines is 1. The fourth-order valence-electron chi connectivity index (χ4n) is 2.98. The summed E-state index contributed by atoms with van der Waals surface area (Å²) in [7, 11) is 1.59. The van der Waals surface area contributed by atoms with Crippen molar-refractivity contribution in [3.63, 3.8) is 0 Å². The van der Waals surface area contributed by atoms with E-state index in [1.54, 1.807) is 24.1 Å². The Kier molecular flexibility index (Phi) is 5.91. The molecule has 2 amide bonds. The number of hydrogen-bond donors (Lipinski definition) is 0. The molecule has 0 spiro atoms. The first kappa shape index (κ1) is 19.1. The Labute approximate surface area is 162 Å². The minimum absolute atomic E-state index is 0.0880. The first-order valence-corrected chi connectivity index (χ1v) is 9.10. The van der Waals surface area contributed by atoms with Gasteiger partial charge in [0.05, 0.1) is 0 Å². The fraction of sp³-hybridized carbons (Fsp3) is 0.238. The Morgan fingerprint density at radius 3 is 2.63 bits per heavy atom. The van der Waals surface area contributed by atoms with Crippen molar-refractivity contribution in [1.29, 1.82) is 0 Å². The number of rotatable bonds is 5. The molecule has 0 saturated carbocycles. The topological polar surface area (TPSA) is 40.6 Å². The fourth-order valence-corrected chi connectivity index (χ4v) is 3.20. The molecule has 0 aromatic heterocycles. The second-order valence-electron chi connectivity index (χ2n) is 6.47. The number of hydrogen-bond acceptors (Lipinski definition) is 2. The van der Waals surface area contributed by atoms with E-state index in [2.05, 4.69) is 0 Å². The van der Waals surface area contributed by atoms with Crippen molar-refractivity contribution in [2.75, 3.05) is 18.5 Å². The molecule has 0 radical (unpaired) electrons. The first-order chi connectivity index (χ1) is 13.0. The lowest BCUT2D eigenvalue weighted by atomic mass is 10.1. The van der Waals surface area contributed by atoms with Gasteiger partial charge >= 0.3 is 0 Å². The summed E-state index contributed by atoms with van der Waals surface area (Å²) in [5.74, 6) is -0.548. The Balaban J connectivity index is 1.63. The van der Waals surface area contributed by atoms with Crippen LogP contribution in [0.5, 0.6) is 0 Å². The largest absolute Gasteiger partial charge is 0.338 e. The minimum atomic E-state index is -0.432. The smallest absolute Gasteiger partial charge is 0.246 e. The summed E-state index contributed by atoms with van der Waals surface area (Å²) >= 11 is 6.01. The van der Waals surface area contributed by atoms with Crippen LogP contribution in [0.25, 0.3) is 6.08 Å². The lowest BCUT2D eigenvalue weighted by Crippen LogP contribution is -2.24. The molecule has 1 saturated heterocycles. The van der Waals surface area contributed by atoms with Gasteiger partial charge in [-0.1, -0.05) is 29.8 Å².